The van der Waals surface area contributed by atoms with E-state index in [1.807, 2.05) is 0 Å². The second kappa shape index (κ2) is 15.3. The van der Waals surface area contributed by atoms with Crippen molar-refractivity contribution in [3.63, 3.8) is 0 Å². The van der Waals surface area contributed by atoms with Gasteiger partial charge in [-0.05, 0) is 139 Å². The monoisotopic (exact) mass is 777 g/mol. The van der Waals surface area contributed by atoms with Gasteiger partial charge in [-0.1, -0.05) is 186 Å². The Hall–Kier alpha value is -5.92. The normalized spacial score (nSPS) is 16.5. The molecule has 1 heteroatoms. The third-order valence-corrected chi connectivity index (χ3v) is 14.7. The Morgan fingerprint density at radius 1 is 0.433 bits per heavy atom. The second-order valence-corrected chi connectivity index (χ2v) is 18.5. The van der Waals surface area contributed by atoms with Crippen LogP contribution >= 0.6 is 0 Å². The van der Waals surface area contributed by atoms with E-state index in [1.54, 1.807) is 5.56 Å². The molecule has 8 aromatic rings. The lowest BCUT2D eigenvalue weighted by Gasteiger charge is -2.30. The molecule has 8 aromatic carbocycles. The number of anilines is 3. The Labute approximate surface area is 356 Å². The maximum absolute atomic E-state index is 2.55. The summed E-state index contributed by atoms with van der Waals surface area (Å²) >= 11 is 0. The Morgan fingerprint density at radius 2 is 1.03 bits per heavy atom. The molecule has 0 heterocycles. The number of hydrogen-bond acceptors (Lipinski definition) is 1. The fraction of sp³-hybridized carbons (Fsp3) is 0.254. The molecule has 2 fully saturated rings. The lowest BCUT2D eigenvalue weighted by molar-refractivity contribution is 0.443. The van der Waals surface area contributed by atoms with Crippen molar-refractivity contribution in [2.24, 2.45) is 0 Å². The molecule has 2 saturated carbocycles. The second-order valence-electron chi connectivity index (χ2n) is 18.5. The smallest absolute Gasteiger partial charge is 0.0546 e. The van der Waals surface area contributed by atoms with Crippen LogP contribution in [0.2, 0.25) is 0 Å². The van der Waals surface area contributed by atoms with E-state index in [9.17, 15) is 0 Å². The van der Waals surface area contributed by atoms with E-state index in [2.05, 4.69) is 183 Å². The topological polar surface area (TPSA) is 3.24 Å². The molecular weight excluding hydrogens is 723 g/mol. The molecule has 0 radical (unpaired) electrons. The van der Waals surface area contributed by atoms with Crippen molar-refractivity contribution < 1.29 is 0 Å². The van der Waals surface area contributed by atoms with Crippen LogP contribution in [0.4, 0.5) is 17.1 Å². The molecule has 0 N–H and O–H groups in total. The van der Waals surface area contributed by atoms with Crippen LogP contribution in [0, 0.1) is 0 Å². The average Bonchev–Trinajstić information content (AvgIpc) is 3.55. The Bertz CT molecular complexity index is 2840. The van der Waals surface area contributed by atoms with Gasteiger partial charge in [0.05, 0.1) is 5.69 Å². The molecule has 0 atom stereocenters. The molecule has 60 heavy (non-hydrogen) atoms. The van der Waals surface area contributed by atoms with Crippen LogP contribution in [-0.2, 0) is 5.41 Å². The summed E-state index contributed by atoms with van der Waals surface area (Å²) in [6, 6.07) is 62.7. The van der Waals surface area contributed by atoms with Gasteiger partial charge in [-0.2, -0.15) is 0 Å². The first-order valence-electron chi connectivity index (χ1n) is 22.8. The molecule has 296 valence electrons. The van der Waals surface area contributed by atoms with Crippen LogP contribution in [0.15, 0.2) is 164 Å². The third-order valence-electron chi connectivity index (χ3n) is 14.7. The lowest BCUT2D eigenvalue weighted by Crippen LogP contribution is -2.16. The van der Waals surface area contributed by atoms with Gasteiger partial charge in [0.2, 0.25) is 0 Å². The number of fused-ring (bicyclic) bond motifs is 5. The molecular formula is C59H55N. The van der Waals surface area contributed by atoms with E-state index in [0.29, 0.717) is 11.8 Å². The molecule has 0 aliphatic heterocycles. The van der Waals surface area contributed by atoms with Gasteiger partial charge in [0, 0.05) is 22.4 Å². The van der Waals surface area contributed by atoms with Gasteiger partial charge in [-0.3, -0.25) is 0 Å². The minimum atomic E-state index is -0.0655. The Kier molecular flexibility index (Phi) is 9.45. The minimum Gasteiger partial charge on any atom is -0.310 e. The van der Waals surface area contributed by atoms with Gasteiger partial charge >= 0.3 is 0 Å². The summed E-state index contributed by atoms with van der Waals surface area (Å²) in [7, 11) is 0. The largest absolute Gasteiger partial charge is 0.310 e. The summed E-state index contributed by atoms with van der Waals surface area (Å²) < 4.78 is 0. The van der Waals surface area contributed by atoms with Crippen molar-refractivity contribution in [1.82, 2.24) is 0 Å². The molecule has 3 aliphatic rings. The van der Waals surface area contributed by atoms with Crippen molar-refractivity contribution in [2.45, 2.75) is 95.3 Å². The van der Waals surface area contributed by atoms with Crippen molar-refractivity contribution in [3.8, 4) is 33.4 Å². The van der Waals surface area contributed by atoms with Crippen LogP contribution < -0.4 is 4.90 Å². The molecule has 0 amide bonds. The highest BCUT2D eigenvalue weighted by Crippen LogP contribution is 2.55. The summed E-state index contributed by atoms with van der Waals surface area (Å²) in [6.07, 6.45) is 13.4. The molecule has 1 nitrogen and oxygen atoms in total. The highest BCUT2D eigenvalue weighted by Gasteiger charge is 2.38. The van der Waals surface area contributed by atoms with Gasteiger partial charge in [0.15, 0.2) is 0 Å². The fourth-order valence-corrected chi connectivity index (χ4v) is 11.5. The average molecular weight is 778 g/mol. The molecule has 0 spiro atoms. The van der Waals surface area contributed by atoms with Crippen LogP contribution in [0.3, 0.4) is 0 Å². The molecule has 0 aromatic heterocycles. The SMILES string of the molecule is CC1(C)c2ccc(N(c3ccc(-c4ccc(C5CCCCC5)cc4)cc3)c3ccc4ccccc4c3-c3cccc4ccccc34)cc2-c2c(C3CCCCC3)cccc21. The van der Waals surface area contributed by atoms with E-state index in [0.717, 1.165) is 5.69 Å². The first-order valence-corrected chi connectivity index (χ1v) is 22.8. The van der Waals surface area contributed by atoms with E-state index in [-0.39, 0.29) is 5.41 Å². The van der Waals surface area contributed by atoms with Gasteiger partial charge < -0.3 is 4.90 Å². The van der Waals surface area contributed by atoms with Gasteiger partial charge in [-0.15, -0.1) is 0 Å². The quantitative estimate of drug-likeness (QED) is 0.156. The van der Waals surface area contributed by atoms with E-state index < -0.39 is 0 Å². The van der Waals surface area contributed by atoms with Crippen molar-refractivity contribution in [1.29, 1.82) is 0 Å². The van der Waals surface area contributed by atoms with Gasteiger partial charge in [0.25, 0.3) is 0 Å². The van der Waals surface area contributed by atoms with Crippen molar-refractivity contribution in [2.75, 3.05) is 4.90 Å². The van der Waals surface area contributed by atoms with Crippen LogP contribution in [-0.4, -0.2) is 0 Å². The van der Waals surface area contributed by atoms with Gasteiger partial charge in [0.1, 0.15) is 0 Å². The summed E-state index contributed by atoms with van der Waals surface area (Å²) in [5.74, 6) is 1.34. The maximum Gasteiger partial charge on any atom is 0.0546 e. The number of hydrogen-bond donors (Lipinski definition) is 0. The zero-order valence-electron chi connectivity index (χ0n) is 35.3. The zero-order chi connectivity index (χ0) is 40.2. The van der Waals surface area contributed by atoms with Crippen LogP contribution in [0.5, 0.6) is 0 Å². The number of nitrogens with zero attached hydrogens (tertiary/aromatic N) is 1. The van der Waals surface area contributed by atoms with E-state index >= 15 is 0 Å². The summed E-state index contributed by atoms with van der Waals surface area (Å²) in [5, 5.41) is 5.04. The summed E-state index contributed by atoms with van der Waals surface area (Å²) in [4.78, 5) is 2.55. The number of benzene rings is 8. The highest BCUT2D eigenvalue weighted by molar-refractivity contribution is 6.11. The zero-order valence-corrected chi connectivity index (χ0v) is 35.3. The Morgan fingerprint density at radius 3 is 1.77 bits per heavy atom. The minimum absolute atomic E-state index is 0.0655. The predicted molar refractivity (Wildman–Crippen MR) is 256 cm³/mol. The summed E-state index contributed by atoms with van der Waals surface area (Å²) in [5.41, 5.74) is 17.4. The molecule has 0 bridgehead atoms. The third kappa shape index (κ3) is 6.37. The van der Waals surface area contributed by atoms with Crippen molar-refractivity contribution in [3.05, 3.63) is 186 Å². The molecule has 0 saturated heterocycles. The fourth-order valence-electron chi connectivity index (χ4n) is 11.5. The standard InChI is InChI=1S/C59H55N/c1-59(2)54-37-36-48(39-53(54)57-50(24-14-26-55(57)59)45-17-7-4-8-18-45)60(47-34-31-43(32-35-47)42-29-27-41(28-30-42)40-15-5-3-6-16-40)56-38-33-46-20-10-12-23-51(46)58(56)52-25-13-21-44-19-9-11-22-49(44)52/h9-14,19-40,45H,3-8,15-18H2,1-2H3. The van der Waals surface area contributed by atoms with Gasteiger partial charge in [-0.25, -0.2) is 0 Å². The Balaban J connectivity index is 1.10. The summed E-state index contributed by atoms with van der Waals surface area (Å²) in [6.45, 7) is 4.87. The highest BCUT2D eigenvalue weighted by atomic mass is 15.1. The van der Waals surface area contributed by atoms with E-state index in [4.69, 9.17) is 0 Å². The van der Waals surface area contributed by atoms with Crippen LogP contribution in [0.25, 0.3) is 54.9 Å². The van der Waals surface area contributed by atoms with Crippen molar-refractivity contribution >= 4 is 38.6 Å². The lowest BCUT2D eigenvalue weighted by atomic mass is 9.78. The first kappa shape index (κ1) is 37.1. The first-order chi connectivity index (χ1) is 29.5. The number of rotatable bonds is 7. The molecule has 0 unspecified atom stereocenters. The van der Waals surface area contributed by atoms with Crippen LogP contribution in [0.1, 0.15) is 112 Å². The predicted octanol–water partition coefficient (Wildman–Crippen LogP) is 17.2. The maximum atomic E-state index is 2.55. The molecule has 3 aliphatic carbocycles. The van der Waals surface area contributed by atoms with E-state index in [1.165, 1.54) is 147 Å². The molecule has 11 rings (SSSR count).